The van der Waals surface area contributed by atoms with E-state index in [0.717, 1.165) is 25.1 Å². The van der Waals surface area contributed by atoms with Crippen LogP contribution < -0.4 is 10.1 Å². The number of nitrogens with zero attached hydrogens (tertiary/aromatic N) is 1. The third-order valence-electron chi connectivity index (χ3n) is 3.54. The Morgan fingerprint density at radius 1 is 1.30 bits per heavy atom. The standard InChI is InChI=1S/C16H22N2O2/c1-2-18-16(12-17,14-8-9-14)13-19-10-11-20-15-6-4-3-5-7-15/h3-7,14,18H,2,8-11,13H2,1H3. The minimum absolute atomic E-state index is 0.431. The van der Waals surface area contributed by atoms with Crippen LogP contribution in [-0.2, 0) is 4.74 Å². The van der Waals surface area contributed by atoms with Crippen LogP contribution in [0.15, 0.2) is 30.3 Å². The van der Waals surface area contributed by atoms with Crippen LogP contribution in [0.2, 0.25) is 0 Å². The van der Waals surface area contributed by atoms with Crippen LogP contribution in [-0.4, -0.2) is 31.9 Å². The number of benzene rings is 1. The zero-order valence-electron chi connectivity index (χ0n) is 12.0. The number of rotatable bonds is 9. The molecule has 0 saturated heterocycles. The molecule has 1 saturated carbocycles. The number of para-hydroxylation sites is 1. The van der Waals surface area contributed by atoms with E-state index in [4.69, 9.17) is 9.47 Å². The molecule has 0 aromatic heterocycles. The van der Waals surface area contributed by atoms with Gasteiger partial charge in [0.25, 0.3) is 0 Å². The Morgan fingerprint density at radius 2 is 2.05 bits per heavy atom. The zero-order valence-corrected chi connectivity index (χ0v) is 12.0. The first kappa shape index (κ1) is 14.8. The second-order valence-corrected chi connectivity index (χ2v) is 5.10. The summed E-state index contributed by atoms with van der Waals surface area (Å²) in [6, 6.07) is 12.1. The summed E-state index contributed by atoms with van der Waals surface area (Å²) in [4.78, 5) is 0. The maximum absolute atomic E-state index is 9.43. The number of hydrogen-bond donors (Lipinski definition) is 1. The molecule has 1 aliphatic carbocycles. The maximum atomic E-state index is 9.43. The largest absolute Gasteiger partial charge is 0.491 e. The molecule has 1 aliphatic rings. The van der Waals surface area contributed by atoms with Gasteiger partial charge in [-0.15, -0.1) is 0 Å². The number of hydrogen-bond acceptors (Lipinski definition) is 4. The average molecular weight is 274 g/mol. The lowest BCUT2D eigenvalue weighted by atomic mass is 9.96. The van der Waals surface area contributed by atoms with Gasteiger partial charge in [0.1, 0.15) is 17.9 Å². The van der Waals surface area contributed by atoms with E-state index in [1.54, 1.807) is 0 Å². The van der Waals surface area contributed by atoms with Gasteiger partial charge in [0.15, 0.2) is 0 Å². The Kier molecular flexibility index (Phi) is 5.40. The Morgan fingerprint density at radius 3 is 2.65 bits per heavy atom. The molecule has 108 valence electrons. The summed E-state index contributed by atoms with van der Waals surface area (Å²) < 4.78 is 11.2. The molecular formula is C16H22N2O2. The van der Waals surface area contributed by atoms with E-state index in [0.29, 0.717) is 25.7 Å². The smallest absolute Gasteiger partial charge is 0.133 e. The van der Waals surface area contributed by atoms with Gasteiger partial charge in [-0.2, -0.15) is 5.26 Å². The molecule has 1 N–H and O–H groups in total. The van der Waals surface area contributed by atoms with Crippen LogP contribution in [0.1, 0.15) is 19.8 Å². The molecule has 0 aliphatic heterocycles. The Hall–Kier alpha value is -1.57. The predicted octanol–water partition coefficient (Wildman–Crippen LogP) is 2.36. The summed E-state index contributed by atoms with van der Waals surface area (Å²) in [5.74, 6) is 1.28. The van der Waals surface area contributed by atoms with Gasteiger partial charge in [0.05, 0.1) is 19.3 Å². The topological polar surface area (TPSA) is 54.3 Å². The van der Waals surface area contributed by atoms with Crippen molar-refractivity contribution < 1.29 is 9.47 Å². The van der Waals surface area contributed by atoms with Gasteiger partial charge in [-0.25, -0.2) is 0 Å². The molecule has 1 aromatic rings. The van der Waals surface area contributed by atoms with Gasteiger partial charge in [-0.3, -0.25) is 5.32 Å². The molecule has 20 heavy (non-hydrogen) atoms. The lowest BCUT2D eigenvalue weighted by molar-refractivity contribution is 0.0604. The van der Waals surface area contributed by atoms with Crippen molar-refractivity contribution in [3.8, 4) is 11.8 Å². The third kappa shape index (κ3) is 3.96. The van der Waals surface area contributed by atoms with E-state index in [-0.39, 0.29) is 0 Å². The molecule has 0 radical (unpaired) electrons. The van der Waals surface area contributed by atoms with E-state index < -0.39 is 5.54 Å². The monoisotopic (exact) mass is 274 g/mol. The van der Waals surface area contributed by atoms with Crippen molar-refractivity contribution >= 4 is 0 Å². The lowest BCUT2D eigenvalue weighted by Crippen LogP contribution is -2.50. The lowest BCUT2D eigenvalue weighted by Gasteiger charge is -2.27. The van der Waals surface area contributed by atoms with Crippen LogP contribution in [0, 0.1) is 17.2 Å². The number of nitrogens with one attached hydrogen (secondary N) is 1. The molecule has 0 amide bonds. The van der Waals surface area contributed by atoms with Crippen molar-refractivity contribution in [2.24, 2.45) is 5.92 Å². The van der Waals surface area contributed by atoms with Crippen LogP contribution in [0.5, 0.6) is 5.75 Å². The Labute approximate surface area is 120 Å². The van der Waals surface area contributed by atoms with E-state index >= 15 is 0 Å². The first-order chi connectivity index (χ1) is 9.80. The molecule has 1 fully saturated rings. The van der Waals surface area contributed by atoms with E-state index in [1.165, 1.54) is 0 Å². The van der Waals surface area contributed by atoms with Crippen LogP contribution in [0.3, 0.4) is 0 Å². The molecule has 1 unspecified atom stereocenters. The van der Waals surface area contributed by atoms with E-state index in [1.807, 2.05) is 37.3 Å². The molecule has 4 heteroatoms. The summed E-state index contributed by atoms with van der Waals surface area (Å²) in [5, 5.41) is 12.7. The first-order valence-corrected chi connectivity index (χ1v) is 7.22. The fourth-order valence-corrected chi connectivity index (χ4v) is 2.34. The Bertz CT molecular complexity index is 440. The van der Waals surface area contributed by atoms with E-state index in [9.17, 15) is 5.26 Å². The highest BCUT2D eigenvalue weighted by molar-refractivity contribution is 5.20. The third-order valence-corrected chi connectivity index (χ3v) is 3.54. The fourth-order valence-electron chi connectivity index (χ4n) is 2.34. The van der Waals surface area contributed by atoms with Gasteiger partial charge in [-0.1, -0.05) is 25.1 Å². The summed E-state index contributed by atoms with van der Waals surface area (Å²) >= 11 is 0. The molecule has 0 heterocycles. The van der Waals surface area contributed by atoms with Gasteiger partial charge in [-0.05, 0) is 37.4 Å². The normalized spacial score (nSPS) is 17.2. The molecular weight excluding hydrogens is 252 g/mol. The number of likely N-dealkylation sites (N-methyl/N-ethyl adjacent to an activating group) is 1. The van der Waals surface area contributed by atoms with Gasteiger partial charge < -0.3 is 9.47 Å². The number of ether oxygens (including phenoxy) is 2. The first-order valence-electron chi connectivity index (χ1n) is 7.22. The fraction of sp³-hybridized carbons (Fsp3) is 0.562. The van der Waals surface area contributed by atoms with E-state index in [2.05, 4.69) is 11.4 Å². The molecule has 0 bridgehead atoms. The molecule has 4 nitrogen and oxygen atoms in total. The minimum atomic E-state index is -0.512. The minimum Gasteiger partial charge on any atom is -0.491 e. The van der Waals surface area contributed by atoms with Crippen molar-refractivity contribution in [2.75, 3.05) is 26.4 Å². The Balaban J connectivity index is 1.70. The van der Waals surface area contributed by atoms with Crippen molar-refractivity contribution in [3.05, 3.63) is 30.3 Å². The van der Waals surface area contributed by atoms with Crippen LogP contribution in [0.25, 0.3) is 0 Å². The molecule has 0 spiro atoms. The second kappa shape index (κ2) is 7.28. The van der Waals surface area contributed by atoms with Crippen molar-refractivity contribution in [1.82, 2.24) is 5.32 Å². The molecule has 2 rings (SSSR count). The zero-order chi connectivity index (χ0) is 14.3. The molecule has 1 aromatic carbocycles. The summed E-state index contributed by atoms with van der Waals surface area (Å²) in [6.45, 7) is 4.24. The average Bonchev–Trinajstić information content (AvgIpc) is 3.32. The summed E-state index contributed by atoms with van der Waals surface area (Å²) in [5.41, 5.74) is -0.512. The van der Waals surface area contributed by atoms with Crippen LogP contribution in [0.4, 0.5) is 0 Å². The maximum Gasteiger partial charge on any atom is 0.133 e. The quantitative estimate of drug-likeness (QED) is 0.702. The van der Waals surface area contributed by atoms with Crippen molar-refractivity contribution in [2.45, 2.75) is 25.3 Å². The summed E-state index contributed by atoms with van der Waals surface area (Å²) in [6.07, 6.45) is 2.23. The van der Waals surface area contributed by atoms with Gasteiger partial charge in [0, 0.05) is 0 Å². The molecule has 1 atom stereocenters. The van der Waals surface area contributed by atoms with Crippen molar-refractivity contribution in [1.29, 1.82) is 5.26 Å². The van der Waals surface area contributed by atoms with Gasteiger partial charge >= 0.3 is 0 Å². The predicted molar refractivity (Wildman–Crippen MR) is 77.5 cm³/mol. The highest BCUT2D eigenvalue weighted by Gasteiger charge is 2.45. The highest BCUT2D eigenvalue weighted by Crippen LogP contribution is 2.39. The summed E-state index contributed by atoms with van der Waals surface area (Å²) in [7, 11) is 0. The number of nitriles is 1. The van der Waals surface area contributed by atoms with Crippen LogP contribution >= 0.6 is 0 Å². The second-order valence-electron chi connectivity index (χ2n) is 5.10. The van der Waals surface area contributed by atoms with Crippen molar-refractivity contribution in [3.63, 3.8) is 0 Å². The van der Waals surface area contributed by atoms with Gasteiger partial charge in [0.2, 0.25) is 0 Å². The highest BCUT2D eigenvalue weighted by atomic mass is 16.5. The SMILES string of the molecule is CCNC(C#N)(COCCOc1ccccc1)C1CC1.